The Kier molecular flexibility index (Phi) is 6.44. The molecular formula is C25H28ClN5O2S. The SMILES string of the molecule is COc1ccc([C@@H]2Nn3c(nnc3-c3ccccc3)S[C@@H]2C(=O)N2[C@@H](C)CCC[C@@H]2C)cc1Cl. The number of nitrogens with one attached hydrogen (secondary N) is 1. The molecule has 0 radical (unpaired) electrons. The number of carbonyl (C=O) groups excluding carboxylic acids is 1. The van der Waals surface area contributed by atoms with Crippen LogP contribution in [0.25, 0.3) is 11.4 Å². The molecule has 5 rings (SSSR count). The summed E-state index contributed by atoms with van der Waals surface area (Å²) in [7, 11) is 1.59. The number of aromatic nitrogens is 3. The number of ether oxygens (including phenoxy) is 1. The van der Waals surface area contributed by atoms with Crippen molar-refractivity contribution in [2.45, 2.75) is 61.6 Å². The summed E-state index contributed by atoms with van der Waals surface area (Å²) >= 11 is 7.95. The minimum Gasteiger partial charge on any atom is -0.495 e. The van der Waals surface area contributed by atoms with E-state index in [0.29, 0.717) is 21.8 Å². The van der Waals surface area contributed by atoms with Crippen LogP contribution < -0.4 is 10.2 Å². The molecule has 0 unspecified atom stereocenters. The van der Waals surface area contributed by atoms with Gasteiger partial charge in [-0.3, -0.25) is 4.79 Å². The summed E-state index contributed by atoms with van der Waals surface area (Å²) < 4.78 is 7.23. The normalized spacial score (nSPS) is 24.3. The van der Waals surface area contributed by atoms with Gasteiger partial charge in [0, 0.05) is 17.6 Å². The van der Waals surface area contributed by atoms with E-state index in [4.69, 9.17) is 16.3 Å². The third-order valence-corrected chi connectivity index (χ3v) is 8.19. The maximum atomic E-state index is 14.0. The Morgan fingerprint density at radius 2 is 1.85 bits per heavy atom. The fourth-order valence-electron chi connectivity index (χ4n) is 4.95. The van der Waals surface area contributed by atoms with Crippen molar-refractivity contribution in [3.63, 3.8) is 0 Å². The molecule has 0 bridgehead atoms. The third kappa shape index (κ3) is 4.14. The first kappa shape index (κ1) is 23.1. The maximum absolute atomic E-state index is 14.0. The maximum Gasteiger partial charge on any atom is 0.239 e. The minimum atomic E-state index is -0.409. The first-order valence-electron chi connectivity index (χ1n) is 11.6. The molecule has 2 aliphatic heterocycles. The van der Waals surface area contributed by atoms with Crippen LogP contribution in [0.4, 0.5) is 0 Å². The number of fused-ring (bicyclic) bond motifs is 1. The van der Waals surface area contributed by atoms with Gasteiger partial charge >= 0.3 is 0 Å². The van der Waals surface area contributed by atoms with Crippen LogP contribution in [0.2, 0.25) is 5.02 Å². The number of likely N-dealkylation sites (tertiary alicyclic amines) is 1. The number of hydrogen-bond acceptors (Lipinski definition) is 6. The molecule has 0 saturated carbocycles. The van der Waals surface area contributed by atoms with Crippen LogP contribution in [0, 0.1) is 0 Å². The summed E-state index contributed by atoms with van der Waals surface area (Å²) in [6.07, 6.45) is 3.19. The van der Waals surface area contributed by atoms with E-state index in [1.165, 1.54) is 11.8 Å². The standard InChI is InChI=1S/C25H28ClN5O2S/c1-15-8-7-9-16(2)30(15)24(32)22-21(18-12-13-20(33-3)19(26)14-18)29-31-23(27-28-25(31)34-22)17-10-5-4-6-11-17/h4-6,10-16,21-22,29H,7-9H2,1-3H3/t15-,16-,21-,22-/m0/s1. The lowest BCUT2D eigenvalue weighted by atomic mass is 9.95. The second-order valence-electron chi connectivity index (χ2n) is 8.92. The van der Waals surface area contributed by atoms with Crippen molar-refractivity contribution < 1.29 is 9.53 Å². The molecular weight excluding hydrogens is 470 g/mol. The Labute approximate surface area is 208 Å². The van der Waals surface area contributed by atoms with Crippen molar-refractivity contribution in [2.75, 3.05) is 12.5 Å². The molecule has 3 aromatic rings. The highest BCUT2D eigenvalue weighted by molar-refractivity contribution is 8.00. The largest absolute Gasteiger partial charge is 0.495 e. The zero-order valence-corrected chi connectivity index (χ0v) is 21.0. The summed E-state index contributed by atoms with van der Waals surface area (Å²) in [5.41, 5.74) is 5.41. The fraction of sp³-hybridized carbons (Fsp3) is 0.400. The number of thioether (sulfide) groups is 1. The Bertz CT molecular complexity index is 1180. The zero-order chi connectivity index (χ0) is 23.8. The average Bonchev–Trinajstić information content (AvgIpc) is 3.26. The molecule has 1 saturated heterocycles. The third-order valence-electron chi connectivity index (χ3n) is 6.70. The van der Waals surface area contributed by atoms with Crippen LogP contribution in [0.1, 0.15) is 44.7 Å². The van der Waals surface area contributed by atoms with Crippen LogP contribution in [-0.4, -0.2) is 50.1 Å². The molecule has 4 atom stereocenters. The molecule has 3 heterocycles. The van der Waals surface area contributed by atoms with Gasteiger partial charge in [0.2, 0.25) is 11.1 Å². The highest BCUT2D eigenvalue weighted by Crippen LogP contribution is 2.42. The topological polar surface area (TPSA) is 72.3 Å². The van der Waals surface area contributed by atoms with Crippen LogP contribution in [0.15, 0.2) is 53.7 Å². The van der Waals surface area contributed by atoms with Crippen molar-refractivity contribution in [1.29, 1.82) is 0 Å². The van der Waals surface area contributed by atoms with Gasteiger partial charge in [0.1, 0.15) is 11.0 Å². The summed E-state index contributed by atoms with van der Waals surface area (Å²) in [4.78, 5) is 16.1. The molecule has 178 valence electrons. The van der Waals surface area contributed by atoms with E-state index in [1.54, 1.807) is 7.11 Å². The molecule has 2 aromatic carbocycles. The fourth-order valence-corrected chi connectivity index (χ4v) is 6.35. The van der Waals surface area contributed by atoms with Gasteiger partial charge in [-0.25, -0.2) is 4.68 Å². The van der Waals surface area contributed by atoms with Crippen molar-refractivity contribution in [3.8, 4) is 17.1 Å². The van der Waals surface area contributed by atoms with Gasteiger partial charge in [-0.2, -0.15) is 0 Å². The van der Waals surface area contributed by atoms with Crippen LogP contribution >= 0.6 is 23.4 Å². The smallest absolute Gasteiger partial charge is 0.239 e. The highest BCUT2D eigenvalue weighted by Gasteiger charge is 2.42. The Morgan fingerprint density at radius 1 is 1.12 bits per heavy atom. The Morgan fingerprint density at radius 3 is 2.53 bits per heavy atom. The van der Waals surface area contributed by atoms with Gasteiger partial charge in [-0.1, -0.05) is 59.8 Å². The number of methoxy groups -OCH3 is 1. The predicted octanol–water partition coefficient (Wildman–Crippen LogP) is 5.16. The molecule has 1 N–H and O–H groups in total. The molecule has 2 aliphatic rings. The number of halogens is 1. The highest BCUT2D eigenvalue weighted by atomic mass is 35.5. The van der Waals surface area contributed by atoms with E-state index >= 15 is 0 Å². The van der Waals surface area contributed by atoms with Crippen molar-refractivity contribution in [3.05, 3.63) is 59.1 Å². The molecule has 9 heteroatoms. The van der Waals surface area contributed by atoms with Crippen molar-refractivity contribution in [1.82, 2.24) is 19.8 Å². The lowest BCUT2D eigenvalue weighted by Crippen LogP contribution is -2.53. The van der Waals surface area contributed by atoms with Gasteiger partial charge in [0.05, 0.1) is 18.2 Å². The summed E-state index contributed by atoms with van der Waals surface area (Å²) in [5.74, 6) is 1.42. The number of carbonyl (C=O) groups is 1. The number of benzene rings is 2. The molecule has 0 aliphatic carbocycles. The molecule has 0 spiro atoms. The minimum absolute atomic E-state index is 0.115. The van der Waals surface area contributed by atoms with E-state index in [0.717, 1.165) is 30.4 Å². The lowest BCUT2D eigenvalue weighted by Gasteiger charge is -2.43. The molecule has 1 amide bonds. The van der Waals surface area contributed by atoms with E-state index in [1.807, 2.05) is 53.2 Å². The Hall–Kier alpha value is -2.71. The summed E-state index contributed by atoms with van der Waals surface area (Å²) in [5, 5.41) is 9.63. The number of nitrogens with zero attached hydrogens (tertiary/aromatic N) is 4. The quantitative estimate of drug-likeness (QED) is 0.537. The lowest BCUT2D eigenvalue weighted by molar-refractivity contribution is -0.137. The van der Waals surface area contributed by atoms with Crippen LogP contribution in [-0.2, 0) is 4.79 Å². The first-order chi connectivity index (χ1) is 16.5. The van der Waals surface area contributed by atoms with Crippen molar-refractivity contribution in [2.24, 2.45) is 0 Å². The summed E-state index contributed by atoms with van der Waals surface area (Å²) in [6.45, 7) is 4.29. The van der Waals surface area contributed by atoms with Crippen LogP contribution in [0.3, 0.4) is 0 Å². The molecule has 34 heavy (non-hydrogen) atoms. The van der Waals surface area contributed by atoms with E-state index < -0.39 is 5.25 Å². The number of hydrogen-bond donors (Lipinski definition) is 1. The molecule has 7 nitrogen and oxygen atoms in total. The van der Waals surface area contributed by atoms with E-state index in [9.17, 15) is 4.79 Å². The second kappa shape index (κ2) is 9.50. The predicted molar refractivity (Wildman–Crippen MR) is 135 cm³/mol. The Balaban J connectivity index is 1.56. The number of amides is 1. The van der Waals surface area contributed by atoms with Gasteiger partial charge in [-0.05, 0) is 50.8 Å². The number of piperidine rings is 1. The average molecular weight is 498 g/mol. The summed E-state index contributed by atoms with van der Waals surface area (Å²) in [6, 6.07) is 15.7. The zero-order valence-electron chi connectivity index (χ0n) is 19.4. The van der Waals surface area contributed by atoms with E-state index in [2.05, 4.69) is 34.4 Å². The van der Waals surface area contributed by atoms with Gasteiger partial charge in [0.15, 0.2) is 5.82 Å². The number of rotatable bonds is 4. The van der Waals surface area contributed by atoms with Gasteiger partial charge in [-0.15, -0.1) is 10.2 Å². The van der Waals surface area contributed by atoms with E-state index in [-0.39, 0.29) is 24.0 Å². The molecule has 1 fully saturated rings. The monoisotopic (exact) mass is 497 g/mol. The van der Waals surface area contributed by atoms with Crippen molar-refractivity contribution >= 4 is 29.3 Å². The van der Waals surface area contributed by atoms with Gasteiger partial charge < -0.3 is 15.1 Å². The van der Waals surface area contributed by atoms with Gasteiger partial charge in [0.25, 0.3) is 0 Å². The van der Waals surface area contributed by atoms with Crippen LogP contribution in [0.5, 0.6) is 5.75 Å². The first-order valence-corrected chi connectivity index (χ1v) is 12.8. The second-order valence-corrected chi connectivity index (χ2v) is 10.4. The molecule has 1 aromatic heterocycles.